The molecule has 1 fully saturated rings. The minimum atomic E-state index is -3.48. The van der Waals surface area contributed by atoms with Crippen molar-refractivity contribution < 1.29 is 8.42 Å². The molecule has 0 N–H and O–H groups in total. The van der Waals surface area contributed by atoms with E-state index >= 15 is 0 Å². The molecule has 0 amide bonds. The first-order chi connectivity index (χ1) is 8.95. The Morgan fingerprint density at radius 2 is 2.05 bits per heavy atom. The normalized spacial score (nSPS) is 15.5. The molecule has 0 aliphatic heterocycles. The lowest BCUT2D eigenvalue weighted by Gasteiger charge is -2.21. The van der Waals surface area contributed by atoms with E-state index in [0.717, 1.165) is 24.0 Å². The van der Waals surface area contributed by atoms with Crippen LogP contribution in [0.5, 0.6) is 0 Å². The molecule has 1 aromatic carbocycles. The zero-order chi connectivity index (χ0) is 14.0. The molecule has 1 aliphatic rings. The van der Waals surface area contributed by atoms with Crippen molar-refractivity contribution >= 4 is 10.0 Å². The van der Waals surface area contributed by atoms with E-state index in [1.54, 1.807) is 6.07 Å². The zero-order valence-electron chi connectivity index (χ0n) is 11.4. The molecule has 0 spiro atoms. The number of hydrogen-bond acceptors (Lipinski definition) is 2. The second-order valence-corrected chi connectivity index (χ2v) is 7.12. The highest BCUT2D eigenvalue weighted by Gasteiger charge is 2.31. The second kappa shape index (κ2) is 5.36. The maximum absolute atomic E-state index is 12.7. The lowest BCUT2D eigenvalue weighted by Crippen LogP contribution is -2.33. The largest absolute Gasteiger partial charge is 0.244 e. The Labute approximate surface area is 115 Å². The maximum Gasteiger partial charge on any atom is 0.244 e. The minimum Gasteiger partial charge on any atom is -0.207 e. The Balaban J connectivity index is 2.37. The lowest BCUT2D eigenvalue weighted by molar-refractivity contribution is 0.429. The summed E-state index contributed by atoms with van der Waals surface area (Å²) in [6.07, 6.45) is 7.51. The van der Waals surface area contributed by atoms with Crippen LogP contribution in [0.3, 0.4) is 0 Å². The summed E-state index contributed by atoms with van der Waals surface area (Å²) >= 11 is 0. The first-order valence-electron chi connectivity index (χ1n) is 6.46. The van der Waals surface area contributed by atoms with E-state index in [-0.39, 0.29) is 6.54 Å². The van der Waals surface area contributed by atoms with Crippen LogP contribution in [-0.4, -0.2) is 25.8 Å². The van der Waals surface area contributed by atoms with E-state index in [9.17, 15) is 8.42 Å². The third kappa shape index (κ3) is 3.17. The van der Waals surface area contributed by atoms with Gasteiger partial charge in [0, 0.05) is 6.54 Å². The number of sulfonamides is 1. The van der Waals surface area contributed by atoms with Gasteiger partial charge in [-0.2, -0.15) is 4.31 Å². The fourth-order valence-corrected chi connectivity index (χ4v) is 3.80. The van der Waals surface area contributed by atoms with Crippen molar-refractivity contribution in [2.24, 2.45) is 5.92 Å². The Morgan fingerprint density at radius 3 is 2.63 bits per heavy atom. The summed E-state index contributed by atoms with van der Waals surface area (Å²) < 4.78 is 26.8. The summed E-state index contributed by atoms with van der Waals surface area (Å²) in [6.45, 7) is 4.40. The SMILES string of the molecule is C#CCN(CC1CC1)S(=O)(=O)c1cc(C)ccc1C. The molecule has 2 rings (SSSR count). The molecular weight excluding hydrogens is 258 g/mol. The summed E-state index contributed by atoms with van der Waals surface area (Å²) in [7, 11) is -3.48. The Kier molecular flexibility index (Phi) is 3.98. The third-order valence-corrected chi connectivity index (χ3v) is 5.34. The predicted molar refractivity (Wildman–Crippen MR) is 76.2 cm³/mol. The number of aryl methyl sites for hydroxylation is 2. The van der Waals surface area contributed by atoms with Crippen LogP contribution in [0, 0.1) is 32.1 Å². The van der Waals surface area contributed by atoms with Gasteiger partial charge in [-0.25, -0.2) is 8.42 Å². The summed E-state index contributed by atoms with van der Waals surface area (Å²) in [4.78, 5) is 0.378. The quantitative estimate of drug-likeness (QED) is 0.775. The van der Waals surface area contributed by atoms with Crippen LogP contribution in [0.15, 0.2) is 23.1 Å². The van der Waals surface area contributed by atoms with Crippen LogP contribution in [0.2, 0.25) is 0 Å². The second-order valence-electron chi connectivity index (χ2n) is 5.21. The van der Waals surface area contributed by atoms with Crippen molar-refractivity contribution in [2.75, 3.05) is 13.1 Å². The molecule has 1 aromatic rings. The highest BCUT2D eigenvalue weighted by atomic mass is 32.2. The number of terminal acetylenes is 1. The van der Waals surface area contributed by atoms with Gasteiger partial charge < -0.3 is 0 Å². The molecular formula is C15H19NO2S. The summed E-state index contributed by atoms with van der Waals surface area (Å²) in [6, 6.07) is 5.48. The van der Waals surface area contributed by atoms with Gasteiger partial charge in [-0.15, -0.1) is 6.42 Å². The molecule has 0 unspecified atom stereocenters. The van der Waals surface area contributed by atoms with E-state index in [2.05, 4.69) is 5.92 Å². The van der Waals surface area contributed by atoms with Crippen LogP contribution < -0.4 is 0 Å². The van der Waals surface area contributed by atoms with Gasteiger partial charge >= 0.3 is 0 Å². The molecule has 3 nitrogen and oxygen atoms in total. The van der Waals surface area contributed by atoms with Gasteiger partial charge in [-0.1, -0.05) is 18.1 Å². The first-order valence-corrected chi connectivity index (χ1v) is 7.90. The molecule has 19 heavy (non-hydrogen) atoms. The van der Waals surface area contributed by atoms with Gasteiger partial charge in [-0.05, 0) is 49.8 Å². The smallest absolute Gasteiger partial charge is 0.207 e. The Bertz CT molecular complexity index is 610. The maximum atomic E-state index is 12.7. The molecule has 0 bridgehead atoms. The van der Waals surface area contributed by atoms with E-state index < -0.39 is 10.0 Å². The van der Waals surface area contributed by atoms with Gasteiger partial charge in [0.05, 0.1) is 11.4 Å². The van der Waals surface area contributed by atoms with Crippen molar-refractivity contribution in [2.45, 2.75) is 31.6 Å². The van der Waals surface area contributed by atoms with Crippen molar-refractivity contribution in [3.05, 3.63) is 29.3 Å². The zero-order valence-corrected chi connectivity index (χ0v) is 12.2. The van der Waals surface area contributed by atoms with E-state index in [1.807, 2.05) is 26.0 Å². The molecule has 0 radical (unpaired) electrons. The van der Waals surface area contributed by atoms with Crippen LogP contribution in [0.4, 0.5) is 0 Å². The summed E-state index contributed by atoms with van der Waals surface area (Å²) in [5, 5.41) is 0. The lowest BCUT2D eigenvalue weighted by atomic mass is 10.2. The highest BCUT2D eigenvalue weighted by molar-refractivity contribution is 7.89. The average molecular weight is 277 g/mol. The summed E-state index contributed by atoms with van der Waals surface area (Å²) in [5.74, 6) is 2.94. The molecule has 102 valence electrons. The van der Waals surface area contributed by atoms with Crippen molar-refractivity contribution in [1.82, 2.24) is 4.31 Å². The Hall–Kier alpha value is -1.31. The Morgan fingerprint density at radius 1 is 1.37 bits per heavy atom. The molecule has 1 saturated carbocycles. The fourth-order valence-electron chi connectivity index (χ4n) is 2.06. The fraction of sp³-hybridized carbons (Fsp3) is 0.467. The summed E-state index contributed by atoms with van der Waals surface area (Å²) in [5.41, 5.74) is 1.71. The van der Waals surface area contributed by atoms with Crippen LogP contribution in [0.1, 0.15) is 24.0 Å². The van der Waals surface area contributed by atoms with E-state index in [1.165, 1.54) is 4.31 Å². The molecule has 0 aromatic heterocycles. The van der Waals surface area contributed by atoms with Crippen LogP contribution >= 0.6 is 0 Å². The molecule has 0 atom stereocenters. The number of nitrogens with zero attached hydrogens (tertiary/aromatic N) is 1. The van der Waals surface area contributed by atoms with E-state index in [4.69, 9.17) is 6.42 Å². The molecule has 0 saturated heterocycles. The van der Waals surface area contributed by atoms with Crippen molar-refractivity contribution in [3.8, 4) is 12.3 Å². The number of rotatable bonds is 5. The highest BCUT2D eigenvalue weighted by Crippen LogP contribution is 2.32. The molecule has 4 heteroatoms. The molecule has 0 heterocycles. The van der Waals surface area contributed by atoms with Gasteiger partial charge in [-0.3, -0.25) is 0 Å². The monoisotopic (exact) mass is 277 g/mol. The molecule has 1 aliphatic carbocycles. The minimum absolute atomic E-state index is 0.145. The van der Waals surface area contributed by atoms with E-state index in [0.29, 0.717) is 17.4 Å². The predicted octanol–water partition coefficient (Wildman–Crippen LogP) is 2.34. The average Bonchev–Trinajstić information content (AvgIpc) is 3.15. The van der Waals surface area contributed by atoms with Crippen LogP contribution in [-0.2, 0) is 10.0 Å². The standard InChI is InChI=1S/C15H19NO2S/c1-4-9-16(11-14-7-8-14)19(17,18)15-10-12(2)5-6-13(15)3/h1,5-6,10,14H,7-9,11H2,2-3H3. The van der Waals surface area contributed by atoms with Crippen molar-refractivity contribution in [3.63, 3.8) is 0 Å². The van der Waals surface area contributed by atoms with Gasteiger partial charge in [0.25, 0.3) is 0 Å². The topological polar surface area (TPSA) is 37.4 Å². The first kappa shape index (κ1) is 14.1. The van der Waals surface area contributed by atoms with Gasteiger partial charge in [0.2, 0.25) is 10.0 Å². The number of hydrogen-bond donors (Lipinski definition) is 0. The van der Waals surface area contributed by atoms with Gasteiger partial charge in [0.15, 0.2) is 0 Å². The van der Waals surface area contributed by atoms with Crippen LogP contribution in [0.25, 0.3) is 0 Å². The number of benzene rings is 1. The van der Waals surface area contributed by atoms with Crippen molar-refractivity contribution in [1.29, 1.82) is 0 Å². The third-order valence-electron chi connectivity index (χ3n) is 3.39. The van der Waals surface area contributed by atoms with Gasteiger partial charge in [0.1, 0.15) is 0 Å².